The zero-order valence-electron chi connectivity index (χ0n) is 16.7. The van der Waals surface area contributed by atoms with Gasteiger partial charge in [0.15, 0.2) is 0 Å². The quantitative estimate of drug-likeness (QED) is 0.772. The summed E-state index contributed by atoms with van der Waals surface area (Å²) in [6.07, 6.45) is 0.766. The number of hydrogen-bond donors (Lipinski definition) is 0. The van der Waals surface area contributed by atoms with Gasteiger partial charge in [-0.05, 0) is 31.0 Å². The minimum absolute atomic E-state index is 0.00839. The van der Waals surface area contributed by atoms with E-state index in [4.69, 9.17) is 11.6 Å². The minimum Gasteiger partial charge on any atom is -0.333 e. The number of carbonyl (C=O) groups is 3. The van der Waals surface area contributed by atoms with Crippen LogP contribution in [0, 0.1) is 12.3 Å². The number of rotatable bonds is 5. The summed E-state index contributed by atoms with van der Waals surface area (Å²) in [6, 6.07) is 5.37. The van der Waals surface area contributed by atoms with Crippen LogP contribution in [0.15, 0.2) is 18.2 Å². The van der Waals surface area contributed by atoms with Crippen LogP contribution in [0.2, 0.25) is 5.02 Å². The third-order valence-electron chi connectivity index (χ3n) is 4.57. The smallest absolute Gasteiger partial charge is 0.248 e. The van der Waals surface area contributed by atoms with Gasteiger partial charge in [-0.25, -0.2) is 0 Å². The second-order valence-electron chi connectivity index (χ2n) is 7.92. The maximum Gasteiger partial charge on any atom is 0.248 e. The first kappa shape index (κ1) is 21.2. The van der Waals surface area contributed by atoms with Gasteiger partial charge in [-0.2, -0.15) is 0 Å². The van der Waals surface area contributed by atoms with Gasteiger partial charge in [-0.3, -0.25) is 19.3 Å². The van der Waals surface area contributed by atoms with Crippen LogP contribution in [0.25, 0.3) is 0 Å². The molecule has 1 fully saturated rings. The molecule has 3 amide bonds. The monoisotopic (exact) mass is 393 g/mol. The molecule has 1 saturated heterocycles. The fraction of sp³-hybridized carbons (Fsp3) is 0.550. The van der Waals surface area contributed by atoms with E-state index in [9.17, 15) is 14.4 Å². The Morgan fingerprint density at radius 3 is 2.52 bits per heavy atom. The molecule has 1 aromatic rings. The Balaban J connectivity index is 2.12. The lowest BCUT2D eigenvalue weighted by molar-refractivity contribution is -0.145. The Kier molecular flexibility index (Phi) is 6.52. The molecule has 0 aromatic heterocycles. The van der Waals surface area contributed by atoms with Crippen molar-refractivity contribution in [2.24, 2.45) is 5.41 Å². The van der Waals surface area contributed by atoms with Crippen LogP contribution in [0.5, 0.6) is 0 Å². The van der Waals surface area contributed by atoms with E-state index in [-0.39, 0.29) is 37.5 Å². The van der Waals surface area contributed by atoms with Crippen LogP contribution < -0.4 is 4.90 Å². The van der Waals surface area contributed by atoms with E-state index in [1.54, 1.807) is 21.9 Å². The molecule has 1 aliphatic rings. The number of amides is 3. The summed E-state index contributed by atoms with van der Waals surface area (Å²) in [5, 5.41) is 0.579. The number of hydrogen-bond acceptors (Lipinski definition) is 3. The molecule has 1 heterocycles. The topological polar surface area (TPSA) is 60.9 Å². The molecular weight excluding hydrogens is 366 g/mol. The van der Waals surface area contributed by atoms with Gasteiger partial charge in [0, 0.05) is 22.7 Å². The zero-order valence-corrected chi connectivity index (χ0v) is 17.5. The highest BCUT2D eigenvalue weighted by Crippen LogP contribution is 2.28. The van der Waals surface area contributed by atoms with Gasteiger partial charge in [0.1, 0.15) is 13.2 Å². The fourth-order valence-corrected chi connectivity index (χ4v) is 3.24. The van der Waals surface area contributed by atoms with Crippen LogP contribution >= 0.6 is 11.6 Å². The molecule has 2 rings (SSSR count). The first-order chi connectivity index (χ1) is 12.6. The highest BCUT2D eigenvalue weighted by atomic mass is 35.5. The third-order valence-corrected chi connectivity index (χ3v) is 4.98. The molecule has 0 bridgehead atoms. The lowest BCUT2D eigenvalue weighted by atomic mass is 9.94. The van der Waals surface area contributed by atoms with Gasteiger partial charge < -0.3 is 9.80 Å². The average molecular weight is 394 g/mol. The maximum absolute atomic E-state index is 12.8. The molecule has 0 atom stereocenters. The highest BCUT2D eigenvalue weighted by molar-refractivity contribution is 6.31. The maximum atomic E-state index is 12.8. The Bertz CT molecular complexity index is 742. The largest absolute Gasteiger partial charge is 0.333 e. The minimum atomic E-state index is -0.555. The zero-order chi connectivity index (χ0) is 20.4. The number of anilines is 1. The van der Waals surface area contributed by atoms with Gasteiger partial charge in [-0.1, -0.05) is 45.4 Å². The lowest BCUT2D eigenvalue weighted by Crippen LogP contribution is -2.46. The van der Waals surface area contributed by atoms with Crippen molar-refractivity contribution in [1.29, 1.82) is 0 Å². The highest BCUT2D eigenvalue weighted by Gasteiger charge is 2.35. The Hall–Kier alpha value is -2.08. The van der Waals surface area contributed by atoms with E-state index in [1.165, 1.54) is 4.90 Å². The van der Waals surface area contributed by atoms with Gasteiger partial charge in [-0.15, -0.1) is 0 Å². The summed E-state index contributed by atoms with van der Waals surface area (Å²) < 4.78 is 0. The molecule has 27 heavy (non-hydrogen) atoms. The SMILES string of the molecule is CCCN(CC(=O)N1CC(=O)N(c2cccc(Cl)c2C)C1)C(=O)C(C)(C)C. The number of halogens is 1. The van der Waals surface area contributed by atoms with Crippen LogP contribution in [0.1, 0.15) is 39.7 Å². The molecule has 6 nitrogen and oxygen atoms in total. The van der Waals surface area contributed by atoms with Crippen molar-refractivity contribution in [3.05, 3.63) is 28.8 Å². The summed E-state index contributed by atoms with van der Waals surface area (Å²) in [5.41, 5.74) is 0.955. The van der Waals surface area contributed by atoms with Gasteiger partial charge in [0.05, 0.1) is 6.54 Å². The lowest BCUT2D eigenvalue weighted by Gasteiger charge is -2.30. The van der Waals surface area contributed by atoms with E-state index in [1.807, 2.05) is 40.7 Å². The molecule has 0 unspecified atom stereocenters. The molecule has 1 aromatic carbocycles. The molecule has 0 aliphatic carbocycles. The predicted molar refractivity (Wildman–Crippen MR) is 107 cm³/mol. The van der Waals surface area contributed by atoms with Crippen molar-refractivity contribution in [2.45, 2.75) is 41.0 Å². The van der Waals surface area contributed by atoms with E-state index in [0.29, 0.717) is 17.3 Å². The molecule has 0 N–H and O–H groups in total. The Morgan fingerprint density at radius 1 is 1.26 bits per heavy atom. The number of carbonyl (C=O) groups excluding carboxylic acids is 3. The van der Waals surface area contributed by atoms with E-state index in [2.05, 4.69) is 0 Å². The third kappa shape index (κ3) is 4.80. The normalized spacial score (nSPS) is 14.7. The molecular formula is C20H28ClN3O3. The van der Waals surface area contributed by atoms with Crippen molar-refractivity contribution >= 4 is 35.0 Å². The van der Waals surface area contributed by atoms with E-state index in [0.717, 1.165) is 12.0 Å². The second-order valence-corrected chi connectivity index (χ2v) is 8.32. The van der Waals surface area contributed by atoms with Gasteiger partial charge >= 0.3 is 0 Å². The van der Waals surface area contributed by atoms with Crippen LogP contribution in [-0.2, 0) is 14.4 Å². The van der Waals surface area contributed by atoms with Gasteiger partial charge in [0.25, 0.3) is 0 Å². The molecule has 148 valence electrons. The fourth-order valence-electron chi connectivity index (χ4n) is 3.07. The van der Waals surface area contributed by atoms with Crippen LogP contribution in [-0.4, -0.2) is 53.8 Å². The van der Waals surface area contributed by atoms with Crippen molar-refractivity contribution in [3.63, 3.8) is 0 Å². The Morgan fingerprint density at radius 2 is 1.93 bits per heavy atom. The number of benzene rings is 1. The Labute approximate surface area is 166 Å². The van der Waals surface area contributed by atoms with Crippen LogP contribution in [0.3, 0.4) is 0 Å². The summed E-state index contributed by atoms with van der Waals surface area (Å²) in [5.74, 6) is -0.444. The molecule has 7 heteroatoms. The van der Waals surface area contributed by atoms with Crippen molar-refractivity contribution < 1.29 is 14.4 Å². The first-order valence-corrected chi connectivity index (χ1v) is 9.56. The van der Waals surface area contributed by atoms with E-state index < -0.39 is 5.41 Å². The number of nitrogens with zero attached hydrogens (tertiary/aromatic N) is 3. The predicted octanol–water partition coefficient (Wildman–Crippen LogP) is 3.07. The van der Waals surface area contributed by atoms with Crippen molar-refractivity contribution in [1.82, 2.24) is 9.80 Å². The molecule has 0 spiro atoms. The standard InChI is InChI=1S/C20H28ClN3O3/c1-6-10-22(19(27)20(3,4)5)11-17(25)23-12-18(26)24(13-23)16-9-7-8-15(21)14(16)2/h7-9H,6,10-13H2,1-5H3. The van der Waals surface area contributed by atoms with Crippen molar-refractivity contribution in [3.8, 4) is 0 Å². The second kappa shape index (κ2) is 8.30. The van der Waals surface area contributed by atoms with E-state index >= 15 is 0 Å². The van der Waals surface area contributed by atoms with Gasteiger partial charge in [0.2, 0.25) is 17.7 Å². The molecule has 0 radical (unpaired) electrons. The molecule has 1 aliphatic heterocycles. The molecule has 0 saturated carbocycles. The summed E-state index contributed by atoms with van der Waals surface area (Å²) in [6.45, 7) is 10.0. The summed E-state index contributed by atoms with van der Waals surface area (Å²) >= 11 is 6.16. The summed E-state index contributed by atoms with van der Waals surface area (Å²) in [4.78, 5) is 42.5. The summed E-state index contributed by atoms with van der Waals surface area (Å²) in [7, 11) is 0. The first-order valence-electron chi connectivity index (χ1n) is 9.19. The van der Waals surface area contributed by atoms with Crippen LogP contribution in [0.4, 0.5) is 5.69 Å². The average Bonchev–Trinajstić information content (AvgIpc) is 2.97. The van der Waals surface area contributed by atoms with Crippen molar-refractivity contribution in [2.75, 3.05) is 31.2 Å².